The molecule has 2 aliphatic carbocycles. The molecule has 2 N–H and O–H groups in total. The molecular weight excluding hydrogens is 436 g/mol. The van der Waals surface area contributed by atoms with E-state index in [4.69, 9.17) is 18.9 Å². The monoisotopic (exact) mass is 482 g/mol. The van der Waals surface area contributed by atoms with Gasteiger partial charge in [0.2, 0.25) is 0 Å². The van der Waals surface area contributed by atoms with E-state index in [2.05, 4.69) is 19.1 Å². The maximum absolute atomic E-state index is 11.9. The first kappa shape index (κ1) is 29.0. The summed E-state index contributed by atoms with van der Waals surface area (Å²) in [6, 6.07) is 0. The smallest absolute Gasteiger partial charge is 0.305 e. The van der Waals surface area contributed by atoms with Crippen molar-refractivity contribution in [2.75, 3.05) is 46.8 Å². The molecule has 0 radical (unpaired) electrons. The van der Waals surface area contributed by atoms with E-state index in [1.807, 2.05) is 13.0 Å². The van der Waals surface area contributed by atoms with Crippen LogP contribution in [-0.4, -0.2) is 75.1 Å². The number of rotatable bonds is 17. The molecule has 2 aliphatic rings. The van der Waals surface area contributed by atoms with Crippen molar-refractivity contribution in [1.82, 2.24) is 0 Å². The van der Waals surface area contributed by atoms with E-state index in [1.54, 1.807) is 7.11 Å². The van der Waals surface area contributed by atoms with Gasteiger partial charge in [-0.1, -0.05) is 44.1 Å². The number of ether oxygens (including phenoxy) is 4. The van der Waals surface area contributed by atoms with Crippen LogP contribution in [-0.2, 0) is 23.7 Å². The summed E-state index contributed by atoms with van der Waals surface area (Å²) in [5.74, 6) is 1.15. The maximum Gasteiger partial charge on any atom is 0.305 e. The molecule has 0 amide bonds. The third-order valence-corrected chi connectivity index (χ3v) is 7.18. The quantitative estimate of drug-likeness (QED) is 0.186. The van der Waals surface area contributed by atoms with Crippen molar-refractivity contribution in [2.24, 2.45) is 23.7 Å². The second-order valence-electron chi connectivity index (χ2n) is 9.67. The number of carbonyl (C=O) groups is 1. The topological polar surface area (TPSA) is 94.5 Å². The summed E-state index contributed by atoms with van der Waals surface area (Å²) in [6.45, 7) is 6.87. The van der Waals surface area contributed by atoms with Crippen LogP contribution >= 0.6 is 0 Å². The van der Waals surface area contributed by atoms with Crippen molar-refractivity contribution < 1.29 is 34.0 Å². The first-order chi connectivity index (χ1) is 16.5. The summed E-state index contributed by atoms with van der Waals surface area (Å²) in [4.78, 5) is 11.9. The molecule has 0 saturated heterocycles. The van der Waals surface area contributed by atoms with Gasteiger partial charge in [0.15, 0.2) is 0 Å². The summed E-state index contributed by atoms with van der Waals surface area (Å²) < 4.78 is 20.8. The van der Waals surface area contributed by atoms with E-state index in [1.165, 1.54) is 5.57 Å². The molecule has 0 aromatic carbocycles. The predicted molar refractivity (Wildman–Crippen MR) is 131 cm³/mol. The lowest BCUT2D eigenvalue weighted by Crippen LogP contribution is -2.19. The fourth-order valence-electron chi connectivity index (χ4n) is 4.92. The van der Waals surface area contributed by atoms with E-state index in [0.29, 0.717) is 51.3 Å². The molecule has 0 aliphatic heterocycles. The van der Waals surface area contributed by atoms with Crippen LogP contribution in [0.25, 0.3) is 0 Å². The number of allylic oxidation sites excluding steroid dienone is 2. The van der Waals surface area contributed by atoms with Gasteiger partial charge >= 0.3 is 5.97 Å². The lowest BCUT2D eigenvalue weighted by atomic mass is 9.89. The minimum Gasteiger partial charge on any atom is -0.463 e. The molecule has 2 saturated carbocycles. The average molecular weight is 483 g/mol. The number of hydrogen-bond acceptors (Lipinski definition) is 7. The van der Waals surface area contributed by atoms with Gasteiger partial charge in [-0.25, -0.2) is 0 Å². The zero-order valence-electron chi connectivity index (χ0n) is 21.3. The van der Waals surface area contributed by atoms with Crippen molar-refractivity contribution in [1.29, 1.82) is 0 Å². The van der Waals surface area contributed by atoms with Crippen molar-refractivity contribution in [3.63, 3.8) is 0 Å². The lowest BCUT2D eigenvalue weighted by Gasteiger charge is -2.19. The number of aliphatic hydroxyl groups is 2. The Kier molecular flexibility index (Phi) is 14.0. The van der Waals surface area contributed by atoms with Crippen LogP contribution in [0.4, 0.5) is 0 Å². The molecule has 2 fully saturated rings. The third-order valence-electron chi connectivity index (χ3n) is 7.18. The highest BCUT2D eigenvalue weighted by atomic mass is 16.6. The number of aliphatic hydroxyl groups excluding tert-OH is 2. The molecule has 34 heavy (non-hydrogen) atoms. The Morgan fingerprint density at radius 2 is 1.82 bits per heavy atom. The Labute approximate surface area is 205 Å². The summed E-state index contributed by atoms with van der Waals surface area (Å²) in [5.41, 5.74) is 1.44. The van der Waals surface area contributed by atoms with Gasteiger partial charge in [-0.3, -0.25) is 4.79 Å². The molecule has 0 heterocycles. The Balaban J connectivity index is 1.58. The molecular formula is C27H46O7. The summed E-state index contributed by atoms with van der Waals surface area (Å²) >= 11 is 0. The second kappa shape index (κ2) is 16.4. The fraction of sp³-hybridized carbons (Fsp3) is 0.815. The molecule has 0 bridgehead atoms. The zero-order valence-corrected chi connectivity index (χ0v) is 21.3. The first-order valence-electron chi connectivity index (χ1n) is 13.0. The Bertz CT molecular complexity index is 632. The van der Waals surface area contributed by atoms with Gasteiger partial charge in [0.25, 0.3) is 0 Å². The largest absolute Gasteiger partial charge is 0.463 e. The van der Waals surface area contributed by atoms with Gasteiger partial charge in [-0.2, -0.15) is 0 Å². The van der Waals surface area contributed by atoms with Crippen molar-refractivity contribution >= 4 is 5.97 Å². The average Bonchev–Trinajstić information content (AvgIpc) is 3.34. The van der Waals surface area contributed by atoms with Gasteiger partial charge in [0.1, 0.15) is 6.61 Å². The zero-order chi connectivity index (χ0) is 24.8. The second-order valence-corrected chi connectivity index (χ2v) is 9.67. The van der Waals surface area contributed by atoms with Crippen LogP contribution in [0.5, 0.6) is 0 Å². The molecule has 2 rings (SSSR count). The van der Waals surface area contributed by atoms with Crippen LogP contribution in [0.1, 0.15) is 58.8 Å². The van der Waals surface area contributed by atoms with Gasteiger partial charge in [-0.15, -0.1) is 0 Å². The molecule has 196 valence electrons. The van der Waals surface area contributed by atoms with Crippen LogP contribution in [0.3, 0.4) is 0 Å². The molecule has 6 atom stereocenters. The van der Waals surface area contributed by atoms with Crippen LogP contribution in [0.15, 0.2) is 23.8 Å². The number of unbranched alkanes of at least 4 members (excludes halogenated alkanes) is 1. The minimum atomic E-state index is -0.445. The van der Waals surface area contributed by atoms with Crippen LogP contribution < -0.4 is 0 Å². The Hall–Kier alpha value is -1.25. The summed E-state index contributed by atoms with van der Waals surface area (Å²) in [7, 11) is 1.63. The van der Waals surface area contributed by atoms with Gasteiger partial charge in [-0.05, 0) is 49.9 Å². The number of fused-ring (bicyclic) bond motifs is 1. The van der Waals surface area contributed by atoms with E-state index in [9.17, 15) is 15.0 Å². The number of hydrogen-bond donors (Lipinski definition) is 2. The standard InChI is InChI=1S/C27H46O7/c1-4-20(2)25(28)10-9-23-24-18-21(17-22(24)19-26(23)29)7-5-6-8-27(30)34-16-15-33-14-13-32-12-11-31-3/h7,9-10,20,22-26,28-29H,4-6,8,11-19H2,1-3H3/b10-9+,21-7+/t20?,22-,23+,24-,25+,26+/m0/s1. The predicted octanol–water partition coefficient (Wildman–Crippen LogP) is 3.68. The van der Waals surface area contributed by atoms with Gasteiger partial charge in [0, 0.05) is 19.4 Å². The highest BCUT2D eigenvalue weighted by molar-refractivity contribution is 5.69. The molecule has 0 spiro atoms. The van der Waals surface area contributed by atoms with Crippen LogP contribution in [0.2, 0.25) is 0 Å². The van der Waals surface area contributed by atoms with E-state index >= 15 is 0 Å². The SMILES string of the molecule is CCC(C)[C@H](O)/C=C/[C@@H]1[C@H]2C/C(=C/CCCC(=O)OCCOCCOCCOC)C[C@H]2C[C@H]1O. The molecule has 1 unspecified atom stereocenters. The van der Waals surface area contributed by atoms with Crippen molar-refractivity contribution in [3.8, 4) is 0 Å². The third kappa shape index (κ3) is 10.2. The number of esters is 1. The highest BCUT2D eigenvalue weighted by Gasteiger charge is 2.44. The fourth-order valence-corrected chi connectivity index (χ4v) is 4.92. The van der Waals surface area contributed by atoms with Gasteiger partial charge in [0.05, 0.1) is 45.2 Å². The number of methoxy groups -OCH3 is 1. The lowest BCUT2D eigenvalue weighted by molar-refractivity contribution is -0.145. The van der Waals surface area contributed by atoms with Crippen molar-refractivity contribution in [3.05, 3.63) is 23.8 Å². The maximum atomic E-state index is 11.9. The molecule has 7 heteroatoms. The minimum absolute atomic E-state index is 0.128. The van der Waals surface area contributed by atoms with E-state index in [-0.39, 0.29) is 30.5 Å². The normalized spacial score (nSPS) is 27.4. The first-order valence-corrected chi connectivity index (χ1v) is 13.0. The Morgan fingerprint density at radius 3 is 2.53 bits per heavy atom. The van der Waals surface area contributed by atoms with Crippen molar-refractivity contribution in [2.45, 2.75) is 71.0 Å². The number of carbonyl (C=O) groups excluding carboxylic acids is 1. The Morgan fingerprint density at radius 1 is 1.12 bits per heavy atom. The van der Waals surface area contributed by atoms with E-state index in [0.717, 1.165) is 38.5 Å². The molecule has 0 aromatic heterocycles. The highest BCUT2D eigenvalue weighted by Crippen LogP contribution is 2.50. The van der Waals surface area contributed by atoms with Crippen LogP contribution in [0, 0.1) is 23.7 Å². The molecule has 7 nitrogen and oxygen atoms in total. The molecule has 0 aromatic rings. The summed E-state index contributed by atoms with van der Waals surface area (Å²) in [6.07, 6.45) is 11.3. The summed E-state index contributed by atoms with van der Waals surface area (Å²) in [5, 5.41) is 20.7. The van der Waals surface area contributed by atoms with Gasteiger partial charge < -0.3 is 29.2 Å². The van der Waals surface area contributed by atoms with E-state index < -0.39 is 6.10 Å².